The number of carbonyl (C=O) groups excluding carboxylic acids is 1. The molecule has 0 saturated carbocycles. The average Bonchev–Trinajstić information content (AvgIpc) is 2.95. The highest BCUT2D eigenvalue weighted by Crippen LogP contribution is 2.19. The molecule has 0 aliphatic rings. The van der Waals surface area contributed by atoms with Crippen LogP contribution >= 0.6 is 11.3 Å². The largest absolute Gasteiger partial charge is 0.354 e. The standard InChI is InChI=1S/C17H22N2OS/c1-13-4-6-14(7-5-13)10-17(20)18-11-16(19(2)3)15-8-9-21-12-15/h4-9,12,16H,10-11H2,1-3H3,(H,18,20)/t16-/m0/s1. The first-order chi connectivity index (χ1) is 10.1. The summed E-state index contributed by atoms with van der Waals surface area (Å²) in [6.45, 7) is 2.68. The van der Waals surface area contributed by atoms with Crippen LogP contribution in [0.2, 0.25) is 0 Å². The van der Waals surface area contributed by atoms with Crippen LogP contribution in [-0.4, -0.2) is 31.4 Å². The first kappa shape index (κ1) is 15.7. The second kappa shape index (κ2) is 7.38. The van der Waals surface area contributed by atoms with Crippen molar-refractivity contribution in [1.29, 1.82) is 0 Å². The molecule has 0 spiro atoms. The molecular formula is C17H22N2OS. The average molecular weight is 302 g/mol. The second-order valence-corrected chi connectivity index (χ2v) is 6.28. The van der Waals surface area contributed by atoms with Crippen molar-refractivity contribution in [2.75, 3.05) is 20.6 Å². The van der Waals surface area contributed by atoms with Gasteiger partial charge in [0.05, 0.1) is 12.5 Å². The summed E-state index contributed by atoms with van der Waals surface area (Å²) in [7, 11) is 4.07. The van der Waals surface area contributed by atoms with Crippen molar-refractivity contribution in [3.05, 3.63) is 57.8 Å². The molecule has 1 N–H and O–H groups in total. The van der Waals surface area contributed by atoms with Crippen LogP contribution in [0.5, 0.6) is 0 Å². The summed E-state index contributed by atoms with van der Waals surface area (Å²) < 4.78 is 0. The third-order valence-electron chi connectivity index (χ3n) is 3.53. The van der Waals surface area contributed by atoms with Gasteiger partial charge in [0.2, 0.25) is 5.91 Å². The molecule has 0 saturated heterocycles. The summed E-state index contributed by atoms with van der Waals surface area (Å²) in [4.78, 5) is 14.2. The van der Waals surface area contributed by atoms with Gasteiger partial charge in [-0.3, -0.25) is 4.79 Å². The fourth-order valence-electron chi connectivity index (χ4n) is 2.23. The van der Waals surface area contributed by atoms with Crippen LogP contribution in [0.15, 0.2) is 41.1 Å². The van der Waals surface area contributed by atoms with Gasteiger partial charge in [-0.1, -0.05) is 29.8 Å². The lowest BCUT2D eigenvalue weighted by atomic mass is 10.1. The van der Waals surface area contributed by atoms with E-state index in [1.165, 1.54) is 11.1 Å². The first-order valence-electron chi connectivity index (χ1n) is 7.07. The Balaban J connectivity index is 1.89. The number of nitrogens with one attached hydrogen (secondary N) is 1. The van der Waals surface area contributed by atoms with Crippen molar-refractivity contribution in [2.45, 2.75) is 19.4 Å². The highest BCUT2D eigenvalue weighted by molar-refractivity contribution is 7.07. The Hall–Kier alpha value is -1.65. The van der Waals surface area contributed by atoms with Gasteiger partial charge in [-0.15, -0.1) is 0 Å². The van der Waals surface area contributed by atoms with E-state index in [0.717, 1.165) is 5.56 Å². The van der Waals surface area contributed by atoms with Crippen LogP contribution in [0.4, 0.5) is 0 Å². The van der Waals surface area contributed by atoms with Gasteiger partial charge >= 0.3 is 0 Å². The molecule has 4 heteroatoms. The number of rotatable bonds is 6. The molecule has 0 unspecified atom stereocenters. The monoisotopic (exact) mass is 302 g/mol. The van der Waals surface area contributed by atoms with Crippen LogP contribution in [0.3, 0.4) is 0 Å². The highest BCUT2D eigenvalue weighted by Gasteiger charge is 2.15. The molecule has 21 heavy (non-hydrogen) atoms. The normalized spacial score (nSPS) is 12.4. The minimum atomic E-state index is 0.0703. The van der Waals surface area contributed by atoms with Gasteiger partial charge in [-0.05, 0) is 49.0 Å². The molecule has 2 rings (SSSR count). The van der Waals surface area contributed by atoms with Gasteiger partial charge in [0.1, 0.15) is 0 Å². The Labute approximate surface area is 130 Å². The summed E-state index contributed by atoms with van der Waals surface area (Å²) in [6, 6.07) is 10.4. The van der Waals surface area contributed by atoms with Crippen LogP contribution in [0.25, 0.3) is 0 Å². The number of benzene rings is 1. The quantitative estimate of drug-likeness (QED) is 0.889. The summed E-state index contributed by atoms with van der Waals surface area (Å²) >= 11 is 1.68. The van der Waals surface area contributed by atoms with Crippen molar-refractivity contribution in [1.82, 2.24) is 10.2 Å². The zero-order valence-electron chi connectivity index (χ0n) is 12.8. The van der Waals surface area contributed by atoms with Gasteiger partial charge in [0, 0.05) is 6.54 Å². The maximum atomic E-state index is 12.1. The number of likely N-dealkylation sites (N-methyl/N-ethyl adjacent to an activating group) is 1. The summed E-state index contributed by atoms with van der Waals surface area (Å²) in [6.07, 6.45) is 0.435. The molecular weight excluding hydrogens is 280 g/mol. The zero-order chi connectivity index (χ0) is 15.2. The zero-order valence-corrected chi connectivity index (χ0v) is 13.6. The van der Waals surface area contributed by atoms with E-state index in [1.807, 2.05) is 45.3 Å². The van der Waals surface area contributed by atoms with Crippen molar-refractivity contribution in [3.63, 3.8) is 0 Å². The van der Waals surface area contributed by atoms with Gasteiger partial charge in [-0.25, -0.2) is 0 Å². The van der Waals surface area contributed by atoms with E-state index in [-0.39, 0.29) is 11.9 Å². The molecule has 0 aliphatic heterocycles. The fraction of sp³-hybridized carbons (Fsp3) is 0.353. The SMILES string of the molecule is Cc1ccc(CC(=O)NC[C@@H](c2ccsc2)N(C)C)cc1. The van der Waals surface area contributed by atoms with Crippen LogP contribution < -0.4 is 5.32 Å². The van der Waals surface area contributed by atoms with Gasteiger partial charge in [-0.2, -0.15) is 11.3 Å². The maximum Gasteiger partial charge on any atom is 0.224 e. The van der Waals surface area contributed by atoms with Crippen LogP contribution in [0, 0.1) is 6.92 Å². The Bertz CT molecular complexity index is 561. The second-order valence-electron chi connectivity index (χ2n) is 5.50. The maximum absolute atomic E-state index is 12.1. The van der Waals surface area contributed by atoms with E-state index in [1.54, 1.807) is 11.3 Å². The molecule has 3 nitrogen and oxygen atoms in total. The summed E-state index contributed by atoms with van der Waals surface area (Å²) in [5, 5.41) is 7.24. The third-order valence-corrected chi connectivity index (χ3v) is 4.23. The highest BCUT2D eigenvalue weighted by atomic mass is 32.1. The van der Waals surface area contributed by atoms with Gasteiger partial charge < -0.3 is 10.2 Å². The number of hydrogen-bond acceptors (Lipinski definition) is 3. The lowest BCUT2D eigenvalue weighted by Crippen LogP contribution is -2.35. The molecule has 2 aromatic rings. The number of hydrogen-bond donors (Lipinski definition) is 1. The van der Waals surface area contributed by atoms with Crippen molar-refractivity contribution in [2.24, 2.45) is 0 Å². The molecule has 1 atom stereocenters. The summed E-state index contributed by atoms with van der Waals surface area (Å²) in [5.74, 6) is 0.0703. The molecule has 0 aliphatic carbocycles. The summed E-state index contributed by atoms with van der Waals surface area (Å²) in [5.41, 5.74) is 3.51. The molecule has 1 aromatic heterocycles. The number of amides is 1. The molecule has 112 valence electrons. The smallest absolute Gasteiger partial charge is 0.224 e. The van der Waals surface area contributed by atoms with E-state index in [4.69, 9.17) is 0 Å². The Morgan fingerprint density at radius 1 is 1.24 bits per heavy atom. The van der Waals surface area contributed by atoms with Crippen LogP contribution in [0.1, 0.15) is 22.7 Å². The lowest BCUT2D eigenvalue weighted by molar-refractivity contribution is -0.120. The molecule has 1 amide bonds. The predicted octanol–water partition coefficient (Wildman–Crippen LogP) is 3.02. The molecule has 0 radical (unpaired) electrons. The molecule has 1 aromatic carbocycles. The van der Waals surface area contributed by atoms with Crippen molar-refractivity contribution >= 4 is 17.2 Å². The number of nitrogens with zero attached hydrogens (tertiary/aromatic N) is 1. The van der Waals surface area contributed by atoms with E-state index in [0.29, 0.717) is 13.0 Å². The Kier molecular flexibility index (Phi) is 5.53. The van der Waals surface area contributed by atoms with E-state index in [2.05, 4.69) is 27.0 Å². The minimum absolute atomic E-state index is 0.0703. The number of aryl methyl sites for hydroxylation is 1. The van der Waals surface area contributed by atoms with E-state index in [9.17, 15) is 4.79 Å². The van der Waals surface area contributed by atoms with E-state index >= 15 is 0 Å². The fourth-order valence-corrected chi connectivity index (χ4v) is 2.93. The predicted molar refractivity (Wildman–Crippen MR) is 88.6 cm³/mol. The number of thiophene rings is 1. The van der Waals surface area contributed by atoms with E-state index < -0.39 is 0 Å². The molecule has 0 fully saturated rings. The topological polar surface area (TPSA) is 32.3 Å². The third kappa shape index (κ3) is 4.69. The Morgan fingerprint density at radius 3 is 2.52 bits per heavy atom. The van der Waals surface area contributed by atoms with Gasteiger partial charge in [0.25, 0.3) is 0 Å². The molecule has 1 heterocycles. The van der Waals surface area contributed by atoms with Crippen LogP contribution in [-0.2, 0) is 11.2 Å². The first-order valence-corrected chi connectivity index (χ1v) is 8.01. The Morgan fingerprint density at radius 2 is 1.95 bits per heavy atom. The van der Waals surface area contributed by atoms with Crippen molar-refractivity contribution < 1.29 is 4.79 Å². The lowest BCUT2D eigenvalue weighted by Gasteiger charge is -2.24. The number of carbonyl (C=O) groups is 1. The minimum Gasteiger partial charge on any atom is -0.354 e. The molecule has 0 bridgehead atoms. The van der Waals surface area contributed by atoms with Gasteiger partial charge in [0.15, 0.2) is 0 Å². The van der Waals surface area contributed by atoms with Crippen molar-refractivity contribution in [3.8, 4) is 0 Å².